The number of unbranched alkanes of at least 4 members (excludes halogenated alkanes) is 2. The number of alkyl halides is 1. The average molecular weight is 301 g/mol. The van der Waals surface area contributed by atoms with Gasteiger partial charge >= 0.3 is 0 Å². The smallest absolute Gasteiger partial charge is 0.125 e. The van der Waals surface area contributed by atoms with Crippen LogP contribution in [0, 0.1) is 5.82 Å². The van der Waals surface area contributed by atoms with Crippen molar-refractivity contribution in [3.63, 3.8) is 0 Å². The summed E-state index contributed by atoms with van der Waals surface area (Å²) < 4.78 is 15.4. The Kier molecular flexibility index (Phi) is 5.52. The van der Waals surface area contributed by atoms with Crippen molar-refractivity contribution in [2.75, 3.05) is 12.0 Å². The highest BCUT2D eigenvalue weighted by atomic mass is 35.5. The van der Waals surface area contributed by atoms with E-state index in [-0.39, 0.29) is 5.82 Å². The van der Waals surface area contributed by atoms with Crippen LogP contribution < -0.4 is 0 Å². The predicted octanol–water partition coefficient (Wildman–Crippen LogP) is 4.45. The number of rotatable bonds is 7. The highest BCUT2D eigenvalue weighted by Crippen LogP contribution is 2.20. The summed E-state index contributed by atoms with van der Waals surface area (Å²) in [5, 5.41) is 0. The van der Waals surface area contributed by atoms with E-state index in [1.165, 1.54) is 24.7 Å². The number of fused-ring (bicyclic) bond motifs is 1. The van der Waals surface area contributed by atoms with Crippen LogP contribution in [0.1, 0.15) is 25.1 Å². The van der Waals surface area contributed by atoms with E-state index in [4.69, 9.17) is 11.6 Å². The lowest BCUT2D eigenvalue weighted by Crippen LogP contribution is -2.03. The zero-order valence-corrected chi connectivity index (χ0v) is 12.6. The number of thioether (sulfide) groups is 1. The van der Waals surface area contributed by atoms with Gasteiger partial charge in [-0.05, 0) is 43.0 Å². The molecule has 0 saturated heterocycles. The maximum Gasteiger partial charge on any atom is 0.125 e. The van der Waals surface area contributed by atoms with Gasteiger partial charge in [0.2, 0.25) is 0 Å². The van der Waals surface area contributed by atoms with Crippen LogP contribution in [0.3, 0.4) is 0 Å². The van der Waals surface area contributed by atoms with Crippen LogP contribution in [0.5, 0.6) is 0 Å². The summed E-state index contributed by atoms with van der Waals surface area (Å²) in [4.78, 5) is 4.45. The molecule has 2 nitrogen and oxygen atoms in total. The van der Waals surface area contributed by atoms with Gasteiger partial charge in [0.05, 0.1) is 16.9 Å². The van der Waals surface area contributed by atoms with Gasteiger partial charge in [-0.3, -0.25) is 0 Å². The highest BCUT2D eigenvalue weighted by molar-refractivity contribution is 7.98. The second kappa shape index (κ2) is 7.15. The zero-order valence-electron chi connectivity index (χ0n) is 11.0. The Labute approximate surface area is 122 Å². The van der Waals surface area contributed by atoms with Crippen molar-refractivity contribution in [3.8, 4) is 0 Å². The first-order chi connectivity index (χ1) is 9.26. The number of hydrogen-bond donors (Lipinski definition) is 0. The third-order valence-corrected chi connectivity index (χ3v) is 4.08. The number of benzene rings is 1. The van der Waals surface area contributed by atoms with E-state index in [9.17, 15) is 4.39 Å². The third-order valence-electron chi connectivity index (χ3n) is 3.14. The molecule has 0 radical (unpaired) electrons. The van der Waals surface area contributed by atoms with Crippen molar-refractivity contribution in [3.05, 3.63) is 29.8 Å². The van der Waals surface area contributed by atoms with Gasteiger partial charge in [-0.2, -0.15) is 11.8 Å². The molecule has 2 rings (SSSR count). The molecule has 0 aliphatic carbocycles. The second-order valence-electron chi connectivity index (χ2n) is 4.50. The SMILES string of the molecule is CSCCCCCn1c(CCl)nc2ccc(F)cc21. The number of aromatic nitrogens is 2. The maximum atomic E-state index is 13.3. The summed E-state index contributed by atoms with van der Waals surface area (Å²) in [6.45, 7) is 0.858. The van der Waals surface area contributed by atoms with Crippen molar-refractivity contribution >= 4 is 34.4 Å². The van der Waals surface area contributed by atoms with Crippen LogP contribution in [0.4, 0.5) is 4.39 Å². The summed E-state index contributed by atoms with van der Waals surface area (Å²) in [6, 6.07) is 4.70. The van der Waals surface area contributed by atoms with E-state index in [0.29, 0.717) is 5.88 Å². The van der Waals surface area contributed by atoms with Crippen LogP contribution in [-0.4, -0.2) is 21.6 Å². The molecule has 0 aliphatic rings. The van der Waals surface area contributed by atoms with Crippen LogP contribution in [0.15, 0.2) is 18.2 Å². The highest BCUT2D eigenvalue weighted by Gasteiger charge is 2.10. The fourth-order valence-electron chi connectivity index (χ4n) is 2.19. The molecular weight excluding hydrogens is 283 g/mol. The average Bonchev–Trinajstić information content (AvgIpc) is 2.76. The van der Waals surface area contributed by atoms with E-state index in [1.807, 2.05) is 16.3 Å². The second-order valence-corrected chi connectivity index (χ2v) is 5.75. The molecule has 1 aromatic carbocycles. The number of hydrogen-bond acceptors (Lipinski definition) is 2. The van der Waals surface area contributed by atoms with Crippen molar-refractivity contribution in [1.29, 1.82) is 0 Å². The molecule has 19 heavy (non-hydrogen) atoms. The molecule has 1 heterocycles. The van der Waals surface area contributed by atoms with E-state index in [0.717, 1.165) is 29.8 Å². The van der Waals surface area contributed by atoms with Gasteiger partial charge in [-0.15, -0.1) is 11.6 Å². The van der Waals surface area contributed by atoms with E-state index in [1.54, 1.807) is 12.1 Å². The molecular formula is C14H18ClFN2S. The van der Waals surface area contributed by atoms with E-state index < -0.39 is 0 Å². The molecule has 0 N–H and O–H groups in total. The lowest BCUT2D eigenvalue weighted by atomic mass is 10.2. The van der Waals surface area contributed by atoms with Crippen molar-refractivity contribution in [2.45, 2.75) is 31.7 Å². The fraction of sp³-hybridized carbons (Fsp3) is 0.500. The molecule has 104 valence electrons. The third kappa shape index (κ3) is 3.63. The molecule has 0 aliphatic heterocycles. The lowest BCUT2D eigenvalue weighted by Gasteiger charge is -2.07. The van der Waals surface area contributed by atoms with Crippen LogP contribution >= 0.6 is 23.4 Å². The van der Waals surface area contributed by atoms with Gasteiger partial charge in [-0.25, -0.2) is 9.37 Å². The van der Waals surface area contributed by atoms with Crippen molar-refractivity contribution < 1.29 is 4.39 Å². The predicted molar refractivity (Wildman–Crippen MR) is 81.5 cm³/mol. The Morgan fingerprint density at radius 2 is 2.16 bits per heavy atom. The minimum Gasteiger partial charge on any atom is -0.327 e. The van der Waals surface area contributed by atoms with Crippen molar-refractivity contribution in [2.24, 2.45) is 0 Å². The number of nitrogens with zero attached hydrogens (tertiary/aromatic N) is 2. The number of halogens is 2. The number of aryl methyl sites for hydroxylation is 1. The summed E-state index contributed by atoms with van der Waals surface area (Å²) in [7, 11) is 0. The lowest BCUT2D eigenvalue weighted by molar-refractivity contribution is 0.598. The molecule has 0 spiro atoms. The molecule has 0 amide bonds. The van der Waals surface area contributed by atoms with Gasteiger partial charge in [-0.1, -0.05) is 6.42 Å². The number of imidazole rings is 1. The molecule has 0 saturated carbocycles. The molecule has 5 heteroatoms. The zero-order chi connectivity index (χ0) is 13.7. The minimum absolute atomic E-state index is 0.225. The van der Waals surface area contributed by atoms with Gasteiger partial charge in [0.1, 0.15) is 11.6 Å². The molecule has 0 unspecified atom stereocenters. The van der Waals surface area contributed by atoms with Gasteiger partial charge in [0, 0.05) is 6.54 Å². The minimum atomic E-state index is -0.225. The summed E-state index contributed by atoms with van der Waals surface area (Å²) >= 11 is 7.80. The Morgan fingerprint density at radius 3 is 2.89 bits per heavy atom. The summed E-state index contributed by atoms with van der Waals surface area (Å²) in [6.07, 6.45) is 5.60. The molecule has 0 bridgehead atoms. The topological polar surface area (TPSA) is 17.8 Å². The Bertz CT molecular complexity index is 541. The van der Waals surface area contributed by atoms with Gasteiger partial charge in [0.15, 0.2) is 0 Å². The van der Waals surface area contributed by atoms with Crippen LogP contribution in [0.25, 0.3) is 11.0 Å². The van der Waals surface area contributed by atoms with Crippen LogP contribution in [-0.2, 0) is 12.4 Å². The first kappa shape index (κ1) is 14.7. The maximum absolute atomic E-state index is 13.3. The molecule has 1 aromatic heterocycles. The Morgan fingerprint density at radius 1 is 1.32 bits per heavy atom. The first-order valence-electron chi connectivity index (χ1n) is 6.46. The quantitative estimate of drug-likeness (QED) is 0.555. The first-order valence-corrected chi connectivity index (χ1v) is 8.38. The van der Waals surface area contributed by atoms with Gasteiger partial charge < -0.3 is 4.57 Å². The standard InChI is InChI=1S/C14H18ClFN2S/c1-19-8-4-2-3-7-18-13-9-11(16)5-6-12(13)17-14(18)10-15/h5-6,9H,2-4,7-8,10H2,1H3. The van der Waals surface area contributed by atoms with Crippen LogP contribution in [0.2, 0.25) is 0 Å². The molecule has 0 fully saturated rings. The monoisotopic (exact) mass is 300 g/mol. The largest absolute Gasteiger partial charge is 0.327 e. The summed E-state index contributed by atoms with van der Waals surface area (Å²) in [5.74, 6) is 2.16. The van der Waals surface area contributed by atoms with E-state index >= 15 is 0 Å². The van der Waals surface area contributed by atoms with Crippen molar-refractivity contribution in [1.82, 2.24) is 9.55 Å². The molecule has 0 atom stereocenters. The van der Waals surface area contributed by atoms with E-state index in [2.05, 4.69) is 11.2 Å². The van der Waals surface area contributed by atoms with Gasteiger partial charge in [0.25, 0.3) is 0 Å². The summed E-state index contributed by atoms with van der Waals surface area (Å²) in [5.41, 5.74) is 1.67. The Balaban J connectivity index is 2.13. The normalized spacial score (nSPS) is 11.3. The Hall–Kier alpha value is -0.740. The molecule has 2 aromatic rings. The fourth-order valence-corrected chi connectivity index (χ4v) is 2.89.